The SMILES string of the molecule is O=C(O)CNc1ccc(S(=O)(=O)N2CCCC2)cn1. The molecule has 104 valence electrons. The monoisotopic (exact) mass is 285 g/mol. The molecule has 2 N–H and O–H groups in total. The van der Waals surface area contributed by atoms with Crippen LogP contribution in [0.5, 0.6) is 0 Å². The zero-order chi connectivity index (χ0) is 13.9. The lowest BCUT2D eigenvalue weighted by atomic mass is 10.4. The summed E-state index contributed by atoms with van der Waals surface area (Å²) in [4.78, 5) is 14.4. The maximum Gasteiger partial charge on any atom is 0.322 e. The molecule has 1 aromatic rings. The standard InChI is InChI=1S/C11H15N3O4S/c15-11(16)8-13-10-4-3-9(7-12-10)19(17,18)14-5-1-2-6-14/h3-4,7H,1-2,5-6,8H2,(H,12,13)(H,15,16). The number of anilines is 1. The number of pyridine rings is 1. The molecule has 1 aromatic heterocycles. The number of sulfonamides is 1. The van der Waals surface area contributed by atoms with Gasteiger partial charge in [-0.15, -0.1) is 0 Å². The largest absolute Gasteiger partial charge is 0.480 e. The molecular weight excluding hydrogens is 270 g/mol. The number of carbonyl (C=O) groups is 1. The van der Waals surface area contributed by atoms with Crippen LogP contribution >= 0.6 is 0 Å². The number of hydrogen-bond acceptors (Lipinski definition) is 5. The van der Waals surface area contributed by atoms with Gasteiger partial charge in [-0.1, -0.05) is 0 Å². The van der Waals surface area contributed by atoms with Gasteiger partial charge in [-0.05, 0) is 25.0 Å². The van der Waals surface area contributed by atoms with Crippen molar-refractivity contribution in [2.45, 2.75) is 17.7 Å². The first-order chi connectivity index (χ1) is 9.00. The van der Waals surface area contributed by atoms with E-state index in [1.807, 2.05) is 0 Å². The molecule has 0 aromatic carbocycles. The van der Waals surface area contributed by atoms with E-state index in [1.54, 1.807) is 0 Å². The van der Waals surface area contributed by atoms with Crippen LogP contribution in [0.25, 0.3) is 0 Å². The van der Waals surface area contributed by atoms with Gasteiger partial charge in [0.05, 0.1) is 0 Å². The van der Waals surface area contributed by atoms with Crippen molar-refractivity contribution in [1.29, 1.82) is 0 Å². The Labute approximate surface area is 111 Å². The Morgan fingerprint density at radius 3 is 2.58 bits per heavy atom. The fraction of sp³-hybridized carbons (Fsp3) is 0.455. The maximum absolute atomic E-state index is 12.2. The smallest absolute Gasteiger partial charge is 0.322 e. The number of nitrogens with one attached hydrogen (secondary N) is 1. The molecule has 7 nitrogen and oxygen atoms in total. The van der Waals surface area contributed by atoms with Crippen molar-refractivity contribution < 1.29 is 18.3 Å². The topological polar surface area (TPSA) is 99.6 Å². The molecule has 0 atom stereocenters. The number of rotatable bonds is 5. The van der Waals surface area contributed by atoms with E-state index in [4.69, 9.17) is 5.11 Å². The van der Waals surface area contributed by atoms with Crippen LogP contribution in [0.2, 0.25) is 0 Å². The van der Waals surface area contributed by atoms with Crippen LogP contribution in [0.4, 0.5) is 5.82 Å². The van der Waals surface area contributed by atoms with E-state index >= 15 is 0 Å². The Balaban J connectivity index is 2.11. The first-order valence-electron chi connectivity index (χ1n) is 5.92. The summed E-state index contributed by atoms with van der Waals surface area (Å²) in [7, 11) is -3.46. The van der Waals surface area contributed by atoms with E-state index in [1.165, 1.54) is 22.6 Å². The minimum Gasteiger partial charge on any atom is -0.480 e. The van der Waals surface area contributed by atoms with Crippen molar-refractivity contribution in [1.82, 2.24) is 9.29 Å². The van der Waals surface area contributed by atoms with E-state index in [2.05, 4.69) is 10.3 Å². The second-order valence-electron chi connectivity index (χ2n) is 4.24. The number of carboxylic acids is 1. The molecule has 0 spiro atoms. The summed E-state index contributed by atoms with van der Waals surface area (Å²) in [6, 6.07) is 2.90. The summed E-state index contributed by atoms with van der Waals surface area (Å²) >= 11 is 0. The van der Waals surface area contributed by atoms with Gasteiger partial charge in [0, 0.05) is 19.3 Å². The Bertz CT molecular complexity index is 550. The fourth-order valence-corrected chi connectivity index (χ4v) is 3.34. The van der Waals surface area contributed by atoms with Crippen LogP contribution in [-0.4, -0.2) is 48.4 Å². The van der Waals surface area contributed by atoms with Gasteiger partial charge < -0.3 is 10.4 Å². The first kappa shape index (κ1) is 13.8. The molecule has 2 rings (SSSR count). The average Bonchev–Trinajstić information content (AvgIpc) is 2.91. The van der Waals surface area contributed by atoms with Crippen LogP contribution in [0.15, 0.2) is 23.2 Å². The third-order valence-corrected chi connectivity index (χ3v) is 4.74. The quantitative estimate of drug-likeness (QED) is 0.810. The molecule has 0 aliphatic carbocycles. The Morgan fingerprint density at radius 1 is 1.37 bits per heavy atom. The Hall–Kier alpha value is -1.67. The van der Waals surface area contributed by atoms with Crippen molar-refractivity contribution in [3.63, 3.8) is 0 Å². The molecule has 0 radical (unpaired) electrons. The lowest BCUT2D eigenvalue weighted by molar-refractivity contribution is -0.134. The van der Waals surface area contributed by atoms with E-state index in [0.29, 0.717) is 18.9 Å². The van der Waals surface area contributed by atoms with Gasteiger partial charge in [-0.2, -0.15) is 4.31 Å². The van der Waals surface area contributed by atoms with E-state index in [-0.39, 0.29) is 11.4 Å². The van der Waals surface area contributed by atoms with Crippen molar-refractivity contribution >= 4 is 21.8 Å². The van der Waals surface area contributed by atoms with E-state index in [9.17, 15) is 13.2 Å². The predicted molar refractivity (Wildman–Crippen MR) is 68.4 cm³/mol. The summed E-state index contributed by atoms with van der Waals surface area (Å²) in [6.45, 7) is 0.827. The molecule has 0 bridgehead atoms. The van der Waals surface area contributed by atoms with Crippen molar-refractivity contribution in [3.8, 4) is 0 Å². The highest BCUT2D eigenvalue weighted by molar-refractivity contribution is 7.89. The van der Waals surface area contributed by atoms with Crippen LogP contribution in [0.1, 0.15) is 12.8 Å². The van der Waals surface area contributed by atoms with Crippen molar-refractivity contribution in [2.75, 3.05) is 25.0 Å². The molecule has 0 amide bonds. The highest BCUT2D eigenvalue weighted by atomic mass is 32.2. The van der Waals surface area contributed by atoms with Gasteiger partial charge in [-0.3, -0.25) is 4.79 Å². The molecule has 19 heavy (non-hydrogen) atoms. The zero-order valence-corrected chi connectivity index (χ0v) is 11.1. The summed E-state index contributed by atoms with van der Waals surface area (Å²) in [6.07, 6.45) is 3.01. The normalized spacial score (nSPS) is 16.4. The van der Waals surface area contributed by atoms with Crippen LogP contribution in [-0.2, 0) is 14.8 Å². The molecule has 1 aliphatic rings. The second-order valence-corrected chi connectivity index (χ2v) is 6.18. The highest BCUT2D eigenvalue weighted by Crippen LogP contribution is 2.20. The number of nitrogens with zero attached hydrogens (tertiary/aromatic N) is 2. The summed E-state index contributed by atoms with van der Waals surface area (Å²) < 4.78 is 25.8. The molecule has 0 unspecified atom stereocenters. The lowest BCUT2D eigenvalue weighted by Gasteiger charge is -2.15. The molecule has 2 heterocycles. The lowest BCUT2D eigenvalue weighted by Crippen LogP contribution is -2.28. The third-order valence-electron chi connectivity index (χ3n) is 2.86. The van der Waals surface area contributed by atoms with E-state index in [0.717, 1.165) is 12.8 Å². The number of hydrogen-bond donors (Lipinski definition) is 2. The van der Waals surface area contributed by atoms with Crippen LogP contribution in [0.3, 0.4) is 0 Å². The molecule has 0 saturated carbocycles. The fourth-order valence-electron chi connectivity index (χ4n) is 1.88. The first-order valence-corrected chi connectivity index (χ1v) is 7.36. The number of carboxylic acid groups (broad SMARTS) is 1. The molecule has 1 fully saturated rings. The Kier molecular flexibility index (Phi) is 4.01. The molecule has 1 aliphatic heterocycles. The summed E-state index contributed by atoms with van der Waals surface area (Å²) in [5, 5.41) is 11.1. The maximum atomic E-state index is 12.2. The average molecular weight is 285 g/mol. The second kappa shape index (κ2) is 5.54. The number of aromatic nitrogens is 1. The zero-order valence-electron chi connectivity index (χ0n) is 10.2. The predicted octanol–water partition coefficient (Wildman–Crippen LogP) is 0.363. The summed E-state index contributed by atoms with van der Waals surface area (Å²) in [5.41, 5.74) is 0. The van der Waals surface area contributed by atoms with Crippen molar-refractivity contribution in [2.24, 2.45) is 0 Å². The molecule has 8 heteroatoms. The summed E-state index contributed by atoms with van der Waals surface area (Å²) in [5.74, 6) is -0.668. The van der Waals surface area contributed by atoms with Gasteiger partial charge in [-0.25, -0.2) is 13.4 Å². The number of aliphatic carboxylic acids is 1. The molecular formula is C11H15N3O4S. The van der Waals surface area contributed by atoms with Crippen LogP contribution in [0, 0.1) is 0 Å². The van der Waals surface area contributed by atoms with Gasteiger partial charge in [0.15, 0.2) is 0 Å². The van der Waals surface area contributed by atoms with E-state index < -0.39 is 16.0 Å². The van der Waals surface area contributed by atoms with Crippen LogP contribution < -0.4 is 5.32 Å². The minimum atomic E-state index is -3.46. The van der Waals surface area contributed by atoms with Gasteiger partial charge >= 0.3 is 5.97 Å². The molecule has 1 saturated heterocycles. The van der Waals surface area contributed by atoms with Gasteiger partial charge in [0.2, 0.25) is 10.0 Å². The third kappa shape index (κ3) is 3.21. The minimum absolute atomic E-state index is 0.135. The van der Waals surface area contributed by atoms with Gasteiger partial charge in [0.25, 0.3) is 0 Å². The van der Waals surface area contributed by atoms with Gasteiger partial charge in [0.1, 0.15) is 17.3 Å². The highest BCUT2D eigenvalue weighted by Gasteiger charge is 2.27. The Morgan fingerprint density at radius 2 is 2.05 bits per heavy atom. The van der Waals surface area contributed by atoms with Crippen molar-refractivity contribution in [3.05, 3.63) is 18.3 Å².